The highest BCUT2D eigenvalue weighted by Gasteiger charge is 2.17. The van der Waals surface area contributed by atoms with Crippen LogP contribution >= 0.6 is 15.9 Å². The number of rotatable bonds is 5. The number of Topliss-reactive ketones (excluding diaryl/α,β-unsaturated/α-hetero) is 1. The molecule has 18 heavy (non-hydrogen) atoms. The van der Waals surface area contributed by atoms with Crippen molar-refractivity contribution in [3.63, 3.8) is 0 Å². The van der Waals surface area contributed by atoms with Crippen molar-refractivity contribution in [1.82, 2.24) is 0 Å². The van der Waals surface area contributed by atoms with Crippen molar-refractivity contribution in [2.45, 2.75) is 38.5 Å². The van der Waals surface area contributed by atoms with Gasteiger partial charge in [0.05, 0.1) is 11.6 Å². The molecule has 2 nitrogen and oxygen atoms in total. The predicted molar refractivity (Wildman–Crippen MR) is 76.2 cm³/mol. The number of hydrogen-bond acceptors (Lipinski definition) is 2. The average Bonchev–Trinajstić information content (AvgIpc) is 2.89. The van der Waals surface area contributed by atoms with Crippen LogP contribution in [0.1, 0.15) is 48.9 Å². The van der Waals surface area contributed by atoms with Crippen LogP contribution in [0.5, 0.6) is 5.75 Å². The molecule has 2 rings (SSSR count). The van der Waals surface area contributed by atoms with Gasteiger partial charge in [0, 0.05) is 12.0 Å². The molecule has 0 N–H and O–H groups in total. The Bertz CT molecular complexity index is 423. The number of ether oxygens (including phenoxy) is 1. The van der Waals surface area contributed by atoms with E-state index in [0.29, 0.717) is 6.42 Å². The molecule has 0 aromatic heterocycles. The minimum Gasteiger partial charge on any atom is -0.496 e. The standard InChI is InChI=1S/C15H19BrO2/c1-18-15-9-7-12(10-13(15)16)14(17)8-6-11-4-2-3-5-11/h7,9-11H,2-6,8H2,1H3. The van der Waals surface area contributed by atoms with Crippen LogP contribution in [0.15, 0.2) is 22.7 Å². The molecular formula is C15H19BrO2. The summed E-state index contributed by atoms with van der Waals surface area (Å²) in [7, 11) is 1.63. The van der Waals surface area contributed by atoms with Gasteiger partial charge < -0.3 is 4.74 Å². The highest BCUT2D eigenvalue weighted by atomic mass is 79.9. The number of carbonyl (C=O) groups excluding carboxylic acids is 1. The van der Waals surface area contributed by atoms with Gasteiger partial charge in [0.2, 0.25) is 0 Å². The zero-order chi connectivity index (χ0) is 13.0. The Balaban J connectivity index is 1.93. The van der Waals surface area contributed by atoms with E-state index in [1.807, 2.05) is 18.2 Å². The third-order valence-corrected chi connectivity index (χ3v) is 4.35. The molecule has 0 saturated heterocycles. The lowest BCUT2D eigenvalue weighted by molar-refractivity contribution is 0.0974. The molecule has 1 saturated carbocycles. The molecule has 1 aliphatic rings. The lowest BCUT2D eigenvalue weighted by Gasteiger charge is -2.09. The molecule has 0 spiro atoms. The Hall–Kier alpha value is -0.830. The van der Waals surface area contributed by atoms with E-state index < -0.39 is 0 Å². The Morgan fingerprint density at radius 1 is 1.39 bits per heavy atom. The average molecular weight is 311 g/mol. The molecule has 0 unspecified atom stereocenters. The van der Waals surface area contributed by atoms with Crippen LogP contribution < -0.4 is 4.74 Å². The second-order valence-electron chi connectivity index (χ2n) is 4.96. The lowest BCUT2D eigenvalue weighted by atomic mass is 9.97. The molecule has 0 amide bonds. The van der Waals surface area contributed by atoms with Crippen LogP contribution in [0, 0.1) is 5.92 Å². The largest absolute Gasteiger partial charge is 0.496 e. The number of benzene rings is 1. The maximum Gasteiger partial charge on any atom is 0.162 e. The summed E-state index contributed by atoms with van der Waals surface area (Å²) in [6.07, 6.45) is 7.00. The second-order valence-corrected chi connectivity index (χ2v) is 5.82. The monoisotopic (exact) mass is 310 g/mol. The second kappa shape index (κ2) is 6.37. The van der Waals surface area contributed by atoms with Gasteiger partial charge in [0.1, 0.15) is 5.75 Å². The third-order valence-electron chi connectivity index (χ3n) is 3.73. The van der Waals surface area contributed by atoms with E-state index in [4.69, 9.17) is 4.74 Å². The molecule has 1 aromatic carbocycles. The molecule has 98 valence electrons. The summed E-state index contributed by atoms with van der Waals surface area (Å²) in [4.78, 5) is 12.1. The molecule has 3 heteroatoms. The minimum absolute atomic E-state index is 0.241. The van der Waals surface area contributed by atoms with Gasteiger partial charge in [-0.2, -0.15) is 0 Å². The van der Waals surface area contributed by atoms with Gasteiger partial charge in [0.25, 0.3) is 0 Å². The fourth-order valence-electron chi connectivity index (χ4n) is 2.62. The Morgan fingerprint density at radius 3 is 2.72 bits per heavy atom. The minimum atomic E-state index is 0.241. The van der Waals surface area contributed by atoms with Crippen LogP contribution in [-0.2, 0) is 0 Å². The first-order chi connectivity index (χ1) is 8.70. The molecular weight excluding hydrogens is 292 g/mol. The number of carbonyl (C=O) groups is 1. The molecule has 1 fully saturated rings. The molecule has 0 heterocycles. The summed E-state index contributed by atoms with van der Waals surface area (Å²) in [5, 5.41) is 0. The van der Waals surface area contributed by atoms with Gasteiger partial charge in [-0.25, -0.2) is 0 Å². The van der Waals surface area contributed by atoms with E-state index in [2.05, 4.69) is 15.9 Å². The van der Waals surface area contributed by atoms with Gasteiger partial charge in [-0.15, -0.1) is 0 Å². The summed E-state index contributed by atoms with van der Waals surface area (Å²) >= 11 is 3.42. The number of halogens is 1. The summed E-state index contributed by atoms with van der Waals surface area (Å²) in [5.41, 5.74) is 0.778. The maximum absolute atomic E-state index is 12.1. The Kier molecular flexibility index (Phi) is 4.81. The molecule has 0 bridgehead atoms. The predicted octanol–water partition coefficient (Wildman–Crippen LogP) is 4.61. The maximum atomic E-state index is 12.1. The van der Waals surface area contributed by atoms with Crippen LogP contribution in [0.2, 0.25) is 0 Å². The number of ketones is 1. The van der Waals surface area contributed by atoms with Crippen molar-refractivity contribution in [3.05, 3.63) is 28.2 Å². The van der Waals surface area contributed by atoms with E-state index in [1.165, 1.54) is 25.7 Å². The highest BCUT2D eigenvalue weighted by molar-refractivity contribution is 9.10. The van der Waals surface area contributed by atoms with Gasteiger partial charge >= 0.3 is 0 Å². The van der Waals surface area contributed by atoms with Crippen LogP contribution in [0.4, 0.5) is 0 Å². The fraction of sp³-hybridized carbons (Fsp3) is 0.533. The van der Waals surface area contributed by atoms with E-state index in [1.54, 1.807) is 7.11 Å². The molecule has 1 aliphatic carbocycles. The first-order valence-corrected chi connectivity index (χ1v) is 7.36. The van der Waals surface area contributed by atoms with Gasteiger partial charge in [-0.1, -0.05) is 25.7 Å². The van der Waals surface area contributed by atoms with E-state index >= 15 is 0 Å². The fourth-order valence-corrected chi connectivity index (χ4v) is 3.16. The quantitative estimate of drug-likeness (QED) is 0.742. The molecule has 0 atom stereocenters. The smallest absolute Gasteiger partial charge is 0.162 e. The zero-order valence-electron chi connectivity index (χ0n) is 10.7. The van der Waals surface area contributed by atoms with Crippen molar-refractivity contribution in [1.29, 1.82) is 0 Å². The van der Waals surface area contributed by atoms with Crippen LogP contribution in [0.3, 0.4) is 0 Å². The summed E-state index contributed by atoms with van der Waals surface area (Å²) < 4.78 is 6.01. The summed E-state index contributed by atoms with van der Waals surface area (Å²) in [6.45, 7) is 0. The Morgan fingerprint density at radius 2 is 2.11 bits per heavy atom. The van der Waals surface area contributed by atoms with Crippen molar-refractivity contribution in [3.8, 4) is 5.75 Å². The van der Waals surface area contributed by atoms with Crippen LogP contribution in [0.25, 0.3) is 0 Å². The lowest BCUT2D eigenvalue weighted by Crippen LogP contribution is -2.03. The van der Waals surface area contributed by atoms with Crippen molar-refractivity contribution in [2.24, 2.45) is 5.92 Å². The van der Waals surface area contributed by atoms with Crippen molar-refractivity contribution < 1.29 is 9.53 Å². The van der Waals surface area contributed by atoms with E-state index in [9.17, 15) is 4.79 Å². The topological polar surface area (TPSA) is 26.3 Å². The number of hydrogen-bond donors (Lipinski definition) is 0. The van der Waals surface area contributed by atoms with Crippen molar-refractivity contribution in [2.75, 3.05) is 7.11 Å². The van der Waals surface area contributed by atoms with Gasteiger partial charge in [-0.05, 0) is 46.5 Å². The number of methoxy groups -OCH3 is 1. The van der Waals surface area contributed by atoms with Gasteiger partial charge in [-0.3, -0.25) is 4.79 Å². The van der Waals surface area contributed by atoms with E-state index in [0.717, 1.165) is 28.1 Å². The zero-order valence-corrected chi connectivity index (χ0v) is 12.3. The SMILES string of the molecule is COc1ccc(C(=O)CCC2CCCC2)cc1Br. The summed E-state index contributed by atoms with van der Waals surface area (Å²) in [5.74, 6) is 1.78. The first-order valence-electron chi connectivity index (χ1n) is 6.57. The normalized spacial score (nSPS) is 15.9. The van der Waals surface area contributed by atoms with E-state index in [-0.39, 0.29) is 5.78 Å². The molecule has 1 aromatic rings. The summed E-state index contributed by atoms with van der Waals surface area (Å²) in [6, 6.07) is 5.54. The third kappa shape index (κ3) is 3.35. The van der Waals surface area contributed by atoms with Gasteiger partial charge in [0.15, 0.2) is 5.78 Å². The molecule has 0 aliphatic heterocycles. The van der Waals surface area contributed by atoms with Crippen molar-refractivity contribution >= 4 is 21.7 Å². The Labute approximate surface area is 117 Å². The highest BCUT2D eigenvalue weighted by Crippen LogP contribution is 2.30. The first kappa shape index (κ1) is 13.6. The van der Waals surface area contributed by atoms with Crippen LogP contribution in [-0.4, -0.2) is 12.9 Å². The molecule has 0 radical (unpaired) electrons.